The van der Waals surface area contributed by atoms with Gasteiger partial charge in [0.1, 0.15) is 0 Å². The molecule has 1 aromatic rings. The van der Waals surface area contributed by atoms with Gasteiger partial charge in [0.25, 0.3) is 0 Å². The highest BCUT2D eigenvalue weighted by Gasteiger charge is 2.56. The number of ether oxygens (including phenoxy) is 1. The first-order valence-electron chi connectivity index (χ1n) is 6.29. The molecule has 0 N–H and O–H groups in total. The number of hydrogen-bond acceptors (Lipinski definition) is 3. The van der Waals surface area contributed by atoms with Gasteiger partial charge in [-0.25, -0.2) is 8.42 Å². The molecule has 5 heteroatoms. The first kappa shape index (κ1) is 12.1. The van der Waals surface area contributed by atoms with E-state index in [0.717, 1.165) is 18.4 Å². The van der Waals surface area contributed by atoms with Gasteiger partial charge < -0.3 is 4.74 Å². The lowest BCUT2D eigenvalue weighted by molar-refractivity contribution is -0.156. The van der Waals surface area contributed by atoms with E-state index in [4.69, 9.17) is 4.74 Å². The van der Waals surface area contributed by atoms with Crippen LogP contribution in [0.1, 0.15) is 18.9 Å². The molecule has 1 spiro atoms. The fourth-order valence-electron chi connectivity index (χ4n) is 2.69. The molecule has 18 heavy (non-hydrogen) atoms. The molecule has 2 fully saturated rings. The molecule has 2 saturated heterocycles. The van der Waals surface area contributed by atoms with E-state index in [1.807, 2.05) is 19.1 Å². The van der Waals surface area contributed by atoms with Gasteiger partial charge in [0.2, 0.25) is 10.0 Å². The minimum Gasteiger partial charge on any atom is -0.377 e. The summed E-state index contributed by atoms with van der Waals surface area (Å²) in [7, 11) is -3.36. The van der Waals surface area contributed by atoms with Crippen molar-refractivity contribution in [2.75, 3.05) is 19.8 Å². The molecule has 0 aromatic heterocycles. The zero-order valence-electron chi connectivity index (χ0n) is 10.4. The van der Waals surface area contributed by atoms with Gasteiger partial charge in [0.15, 0.2) is 0 Å². The smallest absolute Gasteiger partial charge is 0.244 e. The van der Waals surface area contributed by atoms with Crippen molar-refractivity contribution >= 4 is 10.0 Å². The Kier molecular flexibility index (Phi) is 2.73. The summed E-state index contributed by atoms with van der Waals surface area (Å²) in [6.45, 7) is 3.68. The molecule has 3 rings (SSSR count). The Hall–Kier alpha value is -0.910. The van der Waals surface area contributed by atoms with Crippen LogP contribution in [0.2, 0.25) is 0 Å². The maximum absolute atomic E-state index is 12.7. The fraction of sp³-hybridized carbons (Fsp3) is 0.538. The Bertz CT molecular complexity index is 558. The van der Waals surface area contributed by atoms with Gasteiger partial charge in [0, 0.05) is 6.54 Å². The summed E-state index contributed by atoms with van der Waals surface area (Å²) in [6, 6.07) is 7.27. The van der Waals surface area contributed by atoms with Crippen LogP contribution in [0, 0.1) is 0 Å². The minimum absolute atomic E-state index is 0.236. The second kappa shape index (κ2) is 4.05. The van der Waals surface area contributed by atoms with Gasteiger partial charge >= 0.3 is 0 Å². The molecule has 0 bridgehead atoms. The maximum atomic E-state index is 12.7. The number of benzene rings is 1. The van der Waals surface area contributed by atoms with Crippen molar-refractivity contribution in [2.45, 2.75) is 30.2 Å². The molecular weight excluding hydrogens is 250 g/mol. The molecule has 0 atom stereocenters. The molecule has 4 nitrogen and oxygen atoms in total. The molecule has 2 aliphatic rings. The van der Waals surface area contributed by atoms with E-state index in [9.17, 15) is 8.42 Å². The standard InChI is InChI=1S/C13H17NO3S/c1-2-11-5-3-4-6-12(11)18(15,16)14-8-7-13(14)9-17-10-13/h3-6H,2,7-10H2,1H3. The van der Waals surface area contributed by atoms with Gasteiger partial charge in [0.05, 0.1) is 23.6 Å². The predicted molar refractivity (Wildman–Crippen MR) is 67.9 cm³/mol. The molecule has 0 amide bonds. The van der Waals surface area contributed by atoms with E-state index in [0.29, 0.717) is 24.7 Å². The first-order valence-corrected chi connectivity index (χ1v) is 7.73. The Balaban J connectivity index is 2.00. The van der Waals surface area contributed by atoms with Crippen molar-refractivity contribution in [3.05, 3.63) is 29.8 Å². The van der Waals surface area contributed by atoms with Gasteiger partial charge in [-0.05, 0) is 24.5 Å². The van der Waals surface area contributed by atoms with Crippen molar-refractivity contribution in [1.29, 1.82) is 0 Å². The third kappa shape index (κ3) is 1.54. The van der Waals surface area contributed by atoms with E-state index < -0.39 is 10.0 Å². The average Bonchev–Trinajstić information content (AvgIpc) is 2.25. The number of aryl methyl sites for hydroxylation is 1. The maximum Gasteiger partial charge on any atom is 0.244 e. The van der Waals surface area contributed by atoms with Gasteiger partial charge in [-0.15, -0.1) is 0 Å². The summed E-state index contributed by atoms with van der Waals surface area (Å²) >= 11 is 0. The lowest BCUT2D eigenvalue weighted by Crippen LogP contribution is -2.71. The summed E-state index contributed by atoms with van der Waals surface area (Å²) in [6.07, 6.45) is 1.65. The van der Waals surface area contributed by atoms with Crippen LogP contribution in [0.5, 0.6) is 0 Å². The van der Waals surface area contributed by atoms with Crippen LogP contribution in [0.3, 0.4) is 0 Å². The van der Waals surface area contributed by atoms with Crippen molar-refractivity contribution in [2.24, 2.45) is 0 Å². The van der Waals surface area contributed by atoms with Crippen LogP contribution in [-0.4, -0.2) is 38.0 Å². The summed E-state index contributed by atoms with van der Waals surface area (Å²) < 4.78 is 32.2. The van der Waals surface area contributed by atoms with Gasteiger partial charge in [-0.2, -0.15) is 4.31 Å². The van der Waals surface area contributed by atoms with Crippen LogP contribution < -0.4 is 0 Å². The quantitative estimate of drug-likeness (QED) is 0.832. The minimum atomic E-state index is -3.36. The van der Waals surface area contributed by atoms with Crippen molar-refractivity contribution < 1.29 is 13.2 Å². The third-order valence-corrected chi connectivity index (χ3v) is 6.08. The number of sulfonamides is 1. The van der Waals surface area contributed by atoms with E-state index in [-0.39, 0.29) is 5.54 Å². The molecule has 2 heterocycles. The van der Waals surface area contributed by atoms with Gasteiger partial charge in [-0.1, -0.05) is 25.1 Å². The molecule has 0 saturated carbocycles. The highest BCUT2D eigenvalue weighted by atomic mass is 32.2. The molecule has 0 aliphatic carbocycles. The van der Waals surface area contributed by atoms with E-state index in [1.165, 1.54) is 0 Å². The number of rotatable bonds is 3. The SMILES string of the molecule is CCc1ccccc1S(=O)(=O)N1CCC12COC2. The largest absolute Gasteiger partial charge is 0.377 e. The second-order valence-electron chi connectivity index (χ2n) is 5.01. The van der Waals surface area contributed by atoms with Gasteiger partial charge in [-0.3, -0.25) is 0 Å². The predicted octanol–water partition coefficient (Wildman–Crippen LogP) is 1.41. The van der Waals surface area contributed by atoms with Crippen molar-refractivity contribution in [3.8, 4) is 0 Å². The Morgan fingerprint density at radius 1 is 1.33 bits per heavy atom. The Morgan fingerprint density at radius 3 is 2.56 bits per heavy atom. The fourth-order valence-corrected chi connectivity index (χ4v) is 4.76. The van der Waals surface area contributed by atoms with Crippen molar-refractivity contribution in [1.82, 2.24) is 4.31 Å². The Labute approximate surface area is 108 Å². The van der Waals surface area contributed by atoms with Crippen LogP contribution in [0.25, 0.3) is 0 Å². The molecule has 98 valence electrons. The first-order chi connectivity index (χ1) is 8.60. The third-order valence-electron chi connectivity index (χ3n) is 3.97. The molecule has 1 aromatic carbocycles. The normalized spacial score (nSPS) is 22.5. The molecule has 0 unspecified atom stereocenters. The molecule has 0 radical (unpaired) electrons. The zero-order valence-corrected chi connectivity index (χ0v) is 11.2. The number of hydrogen-bond donors (Lipinski definition) is 0. The summed E-state index contributed by atoms with van der Waals surface area (Å²) in [4.78, 5) is 0.457. The monoisotopic (exact) mass is 267 g/mol. The number of nitrogens with zero attached hydrogens (tertiary/aromatic N) is 1. The highest BCUT2D eigenvalue weighted by Crippen LogP contribution is 2.41. The van der Waals surface area contributed by atoms with Crippen LogP contribution in [-0.2, 0) is 21.2 Å². The molecular formula is C13H17NO3S. The topological polar surface area (TPSA) is 46.6 Å². The van der Waals surface area contributed by atoms with E-state index >= 15 is 0 Å². The highest BCUT2D eigenvalue weighted by molar-refractivity contribution is 7.89. The van der Waals surface area contributed by atoms with Crippen LogP contribution in [0.15, 0.2) is 29.2 Å². The summed E-state index contributed by atoms with van der Waals surface area (Å²) in [5.74, 6) is 0. The lowest BCUT2D eigenvalue weighted by atomic mass is 9.86. The van der Waals surface area contributed by atoms with Crippen LogP contribution in [0.4, 0.5) is 0 Å². The van der Waals surface area contributed by atoms with E-state index in [1.54, 1.807) is 16.4 Å². The zero-order chi connectivity index (χ0) is 12.8. The van der Waals surface area contributed by atoms with Crippen LogP contribution >= 0.6 is 0 Å². The second-order valence-corrected chi connectivity index (χ2v) is 6.84. The van der Waals surface area contributed by atoms with E-state index in [2.05, 4.69) is 0 Å². The summed E-state index contributed by atoms with van der Waals surface area (Å²) in [5, 5.41) is 0. The average molecular weight is 267 g/mol. The van der Waals surface area contributed by atoms with Crippen molar-refractivity contribution in [3.63, 3.8) is 0 Å². The molecule has 2 aliphatic heterocycles. The Morgan fingerprint density at radius 2 is 2.06 bits per heavy atom. The summed E-state index contributed by atoms with van der Waals surface area (Å²) in [5.41, 5.74) is 0.652. The lowest BCUT2D eigenvalue weighted by Gasteiger charge is -2.56.